The molecule has 2 saturated heterocycles. The second kappa shape index (κ2) is 5.48. The Bertz CT molecular complexity index is 235. The zero-order valence-electron chi connectivity index (χ0n) is 9.42. The summed E-state index contributed by atoms with van der Waals surface area (Å²) >= 11 is 0. The quantitative estimate of drug-likeness (QED) is 0.723. The average Bonchev–Trinajstić information content (AvgIpc) is 2.31. The molecule has 2 rings (SSSR count). The Kier molecular flexibility index (Phi) is 3.98. The molecule has 2 aliphatic heterocycles. The van der Waals surface area contributed by atoms with Crippen molar-refractivity contribution in [1.29, 1.82) is 0 Å². The van der Waals surface area contributed by atoms with E-state index in [4.69, 9.17) is 4.74 Å². The van der Waals surface area contributed by atoms with E-state index in [1.54, 1.807) is 4.90 Å². The van der Waals surface area contributed by atoms with Crippen molar-refractivity contribution >= 4 is 0 Å². The molecule has 0 unspecified atom stereocenters. The van der Waals surface area contributed by atoms with Gasteiger partial charge in [-0.25, -0.2) is 0 Å². The third-order valence-electron chi connectivity index (χ3n) is 3.14. The van der Waals surface area contributed by atoms with Crippen molar-refractivity contribution in [3.05, 3.63) is 11.9 Å². The molecular weight excluding hydrogens is 214 g/mol. The van der Waals surface area contributed by atoms with E-state index in [1.165, 1.54) is 0 Å². The molecule has 0 bridgehead atoms. The van der Waals surface area contributed by atoms with Crippen LogP contribution in [0.25, 0.3) is 0 Å². The van der Waals surface area contributed by atoms with Crippen LogP contribution in [0, 0.1) is 0 Å². The number of halogens is 2. The van der Waals surface area contributed by atoms with Crippen LogP contribution in [0.3, 0.4) is 0 Å². The van der Waals surface area contributed by atoms with Crippen molar-refractivity contribution in [3.63, 3.8) is 0 Å². The fourth-order valence-electron chi connectivity index (χ4n) is 2.32. The maximum atomic E-state index is 13.0. The van der Waals surface area contributed by atoms with Gasteiger partial charge in [-0.15, -0.1) is 0 Å². The van der Waals surface area contributed by atoms with Crippen LogP contribution in [0.15, 0.2) is 11.9 Å². The largest absolute Gasteiger partial charge is 0.378 e. The standard InChI is InChI=1S/C11H18F2N2O/c12-10(13)11(14-4-2-1-3-5-14)15-6-8-16-9-7-15/h1-9H2. The van der Waals surface area contributed by atoms with Gasteiger partial charge in [-0.2, -0.15) is 8.78 Å². The van der Waals surface area contributed by atoms with Gasteiger partial charge in [0, 0.05) is 26.2 Å². The van der Waals surface area contributed by atoms with Crippen molar-refractivity contribution < 1.29 is 13.5 Å². The molecule has 0 aromatic heterocycles. The molecule has 0 spiro atoms. The Morgan fingerprint density at radius 1 is 0.812 bits per heavy atom. The Labute approximate surface area is 94.7 Å². The van der Waals surface area contributed by atoms with Crippen molar-refractivity contribution in [3.8, 4) is 0 Å². The monoisotopic (exact) mass is 232 g/mol. The van der Waals surface area contributed by atoms with E-state index in [0.717, 1.165) is 32.4 Å². The third kappa shape index (κ3) is 2.64. The normalized spacial score (nSPS) is 22.1. The summed E-state index contributed by atoms with van der Waals surface area (Å²) in [6.07, 6.45) is 1.63. The van der Waals surface area contributed by atoms with E-state index in [1.807, 2.05) is 4.90 Å². The molecule has 5 heteroatoms. The number of ether oxygens (including phenoxy) is 1. The second-order valence-corrected chi connectivity index (χ2v) is 4.23. The predicted octanol–water partition coefficient (Wildman–Crippen LogP) is 1.87. The van der Waals surface area contributed by atoms with Crippen LogP contribution in [0.1, 0.15) is 19.3 Å². The first kappa shape index (κ1) is 11.6. The van der Waals surface area contributed by atoms with E-state index < -0.39 is 6.08 Å². The van der Waals surface area contributed by atoms with Crippen molar-refractivity contribution in [1.82, 2.24) is 9.80 Å². The minimum absolute atomic E-state index is 0.142. The van der Waals surface area contributed by atoms with Gasteiger partial charge in [-0.05, 0) is 19.3 Å². The number of morpholine rings is 1. The van der Waals surface area contributed by atoms with Gasteiger partial charge in [-0.1, -0.05) is 0 Å². The highest BCUT2D eigenvalue weighted by atomic mass is 19.3. The van der Waals surface area contributed by atoms with Gasteiger partial charge in [0.05, 0.1) is 13.2 Å². The van der Waals surface area contributed by atoms with Gasteiger partial charge in [0.1, 0.15) is 0 Å². The first-order valence-corrected chi connectivity index (χ1v) is 5.92. The lowest BCUT2D eigenvalue weighted by Crippen LogP contribution is -2.44. The predicted molar refractivity (Wildman–Crippen MR) is 57.1 cm³/mol. The number of likely N-dealkylation sites (tertiary alicyclic amines) is 1. The zero-order chi connectivity index (χ0) is 11.4. The molecule has 0 atom stereocenters. The minimum atomic E-state index is -1.55. The highest BCUT2D eigenvalue weighted by Gasteiger charge is 2.25. The first-order chi connectivity index (χ1) is 7.79. The van der Waals surface area contributed by atoms with E-state index in [2.05, 4.69) is 0 Å². The molecule has 2 fully saturated rings. The van der Waals surface area contributed by atoms with Crippen LogP contribution < -0.4 is 0 Å². The van der Waals surface area contributed by atoms with Crippen LogP contribution in [0.5, 0.6) is 0 Å². The fourth-order valence-corrected chi connectivity index (χ4v) is 2.32. The van der Waals surface area contributed by atoms with E-state index >= 15 is 0 Å². The summed E-state index contributed by atoms with van der Waals surface area (Å²) in [4.78, 5) is 3.58. The summed E-state index contributed by atoms with van der Waals surface area (Å²) in [6.45, 7) is 3.75. The number of hydrogen-bond acceptors (Lipinski definition) is 3. The van der Waals surface area contributed by atoms with Gasteiger partial charge in [0.25, 0.3) is 0 Å². The molecule has 2 aliphatic rings. The molecule has 0 saturated carbocycles. The molecule has 3 nitrogen and oxygen atoms in total. The average molecular weight is 232 g/mol. The molecular formula is C11H18F2N2O. The summed E-state index contributed by atoms with van der Waals surface area (Å²) in [7, 11) is 0. The molecule has 0 aromatic carbocycles. The summed E-state index contributed by atoms with van der Waals surface area (Å²) in [5.41, 5.74) is 0. The van der Waals surface area contributed by atoms with Crippen molar-refractivity contribution in [2.45, 2.75) is 19.3 Å². The fraction of sp³-hybridized carbons (Fsp3) is 0.818. The molecule has 2 heterocycles. The van der Waals surface area contributed by atoms with E-state index in [-0.39, 0.29) is 5.82 Å². The highest BCUT2D eigenvalue weighted by molar-refractivity contribution is 5.03. The lowest BCUT2D eigenvalue weighted by atomic mass is 10.1. The smallest absolute Gasteiger partial charge is 0.310 e. The Morgan fingerprint density at radius 2 is 1.38 bits per heavy atom. The van der Waals surface area contributed by atoms with Gasteiger partial charge >= 0.3 is 6.08 Å². The summed E-state index contributed by atoms with van der Waals surface area (Å²) in [5, 5.41) is 0. The summed E-state index contributed by atoms with van der Waals surface area (Å²) in [6, 6.07) is 0. The summed E-state index contributed by atoms with van der Waals surface area (Å²) < 4.78 is 31.2. The van der Waals surface area contributed by atoms with Crippen molar-refractivity contribution in [2.75, 3.05) is 39.4 Å². The Morgan fingerprint density at radius 3 is 1.94 bits per heavy atom. The van der Waals surface area contributed by atoms with Crippen LogP contribution in [0.2, 0.25) is 0 Å². The Hall–Kier alpha value is -0.840. The maximum Gasteiger partial charge on any atom is 0.310 e. The second-order valence-electron chi connectivity index (χ2n) is 4.23. The van der Waals surface area contributed by atoms with Gasteiger partial charge < -0.3 is 14.5 Å². The highest BCUT2D eigenvalue weighted by Crippen LogP contribution is 2.23. The topological polar surface area (TPSA) is 15.7 Å². The number of nitrogens with zero attached hydrogens (tertiary/aromatic N) is 2. The van der Waals surface area contributed by atoms with E-state index in [0.29, 0.717) is 26.3 Å². The molecule has 0 N–H and O–H groups in total. The first-order valence-electron chi connectivity index (χ1n) is 5.92. The molecule has 0 aliphatic carbocycles. The SMILES string of the molecule is FC(F)=C(N1CCCCC1)N1CCOCC1. The molecule has 0 radical (unpaired) electrons. The number of hydrogen-bond donors (Lipinski definition) is 0. The Balaban J connectivity index is 2.06. The van der Waals surface area contributed by atoms with Crippen LogP contribution in [0.4, 0.5) is 8.78 Å². The molecule has 16 heavy (non-hydrogen) atoms. The van der Waals surface area contributed by atoms with Crippen molar-refractivity contribution in [2.24, 2.45) is 0 Å². The minimum Gasteiger partial charge on any atom is -0.378 e. The van der Waals surface area contributed by atoms with Crippen LogP contribution in [-0.4, -0.2) is 49.2 Å². The third-order valence-corrected chi connectivity index (χ3v) is 3.14. The molecule has 0 amide bonds. The van der Waals surface area contributed by atoms with Crippen LogP contribution in [-0.2, 0) is 4.74 Å². The number of rotatable bonds is 2. The van der Waals surface area contributed by atoms with Gasteiger partial charge in [-0.3, -0.25) is 0 Å². The maximum absolute atomic E-state index is 13.0. The van der Waals surface area contributed by atoms with Gasteiger partial charge in [0.2, 0.25) is 0 Å². The lowest BCUT2D eigenvalue weighted by molar-refractivity contribution is 0.0300. The lowest BCUT2D eigenvalue weighted by Gasteiger charge is -2.38. The number of piperidine rings is 1. The van der Waals surface area contributed by atoms with Gasteiger partial charge in [0.15, 0.2) is 5.82 Å². The zero-order valence-corrected chi connectivity index (χ0v) is 9.42. The summed E-state index contributed by atoms with van der Waals surface area (Å²) in [5.74, 6) is 0.142. The molecule has 0 aromatic rings. The van der Waals surface area contributed by atoms with E-state index in [9.17, 15) is 8.78 Å². The van der Waals surface area contributed by atoms with Crippen LogP contribution >= 0.6 is 0 Å². The molecule has 92 valence electrons.